The van der Waals surface area contributed by atoms with Crippen LogP contribution < -0.4 is 5.43 Å². The Balaban J connectivity index is 1.53. The van der Waals surface area contributed by atoms with Gasteiger partial charge in [0.15, 0.2) is 11.3 Å². The molecule has 2 heterocycles. The molecule has 7 heteroatoms. The minimum Gasteiger partial charge on any atom is -0.337 e. The van der Waals surface area contributed by atoms with E-state index in [1.807, 2.05) is 29.7 Å². The smallest absolute Gasteiger partial charge is 0.246 e. The topological polar surface area (TPSA) is 81.2 Å². The number of likely N-dealkylation sites (N-methyl/N-ethyl adjacent to an activating group) is 1. The minimum absolute atomic E-state index is 0.0337. The van der Waals surface area contributed by atoms with Gasteiger partial charge in [-0.05, 0) is 31.9 Å². The number of para-hydroxylation sites is 1. The van der Waals surface area contributed by atoms with Crippen LogP contribution in [0.15, 0.2) is 39.6 Å². The monoisotopic (exact) mass is 352 g/mol. The molecule has 4 rings (SSSR count). The molecule has 1 saturated carbocycles. The van der Waals surface area contributed by atoms with Gasteiger partial charge in [-0.2, -0.15) is 4.98 Å². The second-order valence-electron chi connectivity index (χ2n) is 6.82. The predicted molar refractivity (Wildman–Crippen MR) is 95.7 cm³/mol. The molecule has 26 heavy (non-hydrogen) atoms. The number of amides is 1. The Labute approximate surface area is 150 Å². The van der Waals surface area contributed by atoms with Crippen molar-refractivity contribution in [1.29, 1.82) is 0 Å². The van der Waals surface area contributed by atoms with Gasteiger partial charge in [0.05, 0.1) is 12.1 Å². The normalized spacial score (nSPS) is 13.9. The van der Waals surface area contributed by atoms with Crippen LogP contribution in [0.1, 0.15) is 36.2 Å². The Hall–Kier alpha value is -2.96. The maximum atomic E-state index is 12.7. The number of fused-ring (bicyclic) bond motifs is 1. The summed E-state index contributed by atoms with van der Waals surface area (Å²) < 4.78 is 7.10. The van der Waals surface area contributed by atoms with Gasteiger partial charge in [-0.1, -0.05) is 17.3 Å². The molecule has 0 aliphatic heterocycles. The third kappa shape index (κ3) is 3.12. The molecule has 0 atom stereocenters. The molecule has 134 valence electrons. The quantitative estimate of drug-likeness (QED) is 0.703. The molecule has 0 spiro atoms. The highest BCUT2D eigenvalue weighted by atomic mass is 16.5. The second kappa shape index (κ2) is 6.40. The van der Waals surface area contributed by atoms with Crippen molar-refractivity contribution < 1.29 is 9.32 Å². The summed E-state index contributed by atoms with van der Waals surface area (Å²) in [4.78, 5) is 30.8. The molecule has 2 aromatic heterocycles. The summed E-state index contributed by atoms with van der Waals surface area (Å²) >= 11 is 0. The first-order valence-corrected chi connectivity index (χ1v) is 8.68. The number of aryl methyl sites for hydroxylation is 1. The van der Waals surface area contributed by atoms with Gasteiger partial charge in [0.25, 0.3) is 0 Å². The van der Waals surface area contributed by atoms with E-state index in [2.05, 4.69) is 10.1 Å². The summed E-state index contributed by atoms with van der Waals surface area (Å²) in [6, 6.07) is 8.89. The summed E-state index contributed by atoms with van der Waals surface area (Å²) in [5, 5.41) is 4.59. The van der Waals surface area contributed by atoms with Crippen LogP contribution in [-0.4, -0.2) is 32.6 Å². The van der Waals surface area contributed by atoms with Gasteiger partial charge < -0.3 is 14.0 Å². The van der Waals surface area contributed by atoms with Crippen LogP contribution >= 0.6 is 0 Å². The lowest BCUT2D eigenvalue weighted by molar-refractivity contribution is -0.131. The van der Waals surface area contributed by atoms with Gasteiger partial charge in [0.1, 0.15) is 6.54 Å². The highest BCUT2D eigenvalue weighted by Gasteiger charge is 2.29. The van der Waals surface area contributed by atoms with E-state index in [1.54, 1.807) is 24.1 Å². The van der Waals surface area contributed by atoms with Crippen molar-refractivity contribution >= 4 is 16.8 Å². The van der Waals surface area contributed by atoms with Crippen molar-refractivity contribution in [3.8, 4) is 0 Å². The first-order chi connectivity index (χ1) is 12.5. The van der Waals surface area contributed by atoms with Crippen LogP contribution in [0.4, 0.5) is 0 Å². The van der Waals surface area contributed by atoms with Crippen molar-refractivity contribution in [2.24, 2.45) is 0 Å². The van der Waals surface area contributed by atoms with Gasteiger partial charge >= 0.3 is 0 Å². The Kier molecular flexibility index (Phi) is 4.06. The Bertz CT molecular complexity index is 1030. The Morgan fingerprint density at radius 3 is 2.88 bits per heavy atom. The fourth-order valence-corrected chi connectivity index (χ4v) is 3.05. The summed E-state index contributed by atoms with van der Waals surface area (Å²) in [7, 11) is 1.71. The van der Waals surface area contributed by atoms with Crippen molar-refractivity contribution in [2.45, 2.75) is 38.8 Å². The molecule has 0 N–H and O–H groups in total. The molecule has 1 fully saturated rings. The number of hydrogen-bond donors (Lipinski definition) is 0. The molecule has 1 aliphatic carbocycles. The lowest BCUT2D eigenvalue weighted by Crippen LogP contribution is -2.31. The van der Waals surface area contributed by atoms with Crippen molar-refractivity contribution in [2.75, 3.05) is 7.05 Å². The average Bonchev–Trinajstić information content (AvgIpc) is 3.38. The van der Waals surface area contributed by atoms with Gasteiger partial charge in [-0.25, -0.2) is 0 Å². The van der Waals surface area contributed by atoms with E-state index >= 15 is 0 Å². The van der Waals surface area contributed by atoms with Gasteiger partial charge in [0.2, 0.25) is 11.8 Å². The molecule has 0 unspecified atom stereocenters. The lowest BCUT2D eigenvalue weighted by atomic mass is 10.2. The van der Waals surface area contributed by atoms with Crippen molar-refractivity contribution in [1.82, 2.24) is 19.6 Å². The fraction of sp³-hybridized carbons (Fsp3) is 0.368. The third-order valence-electron chi connectivity index (χ3n) is 4.74. The number of rotatable bonds is 5. The van der Waals surface area contributed by atoms with Gasteiger partial charge in [-0.3, -0.25) is 9.59 Å². The van der Waals surface area contributed by atoms with E-state index in [-0.39, 0.29) is 24.4 Å². The van der Waals surface area contributed by atoms with E-state index in [4.69, 9.17) is 4.52 Å². The van der Waals surface area contributed by atoms with E-state index in [9.17, 15) is 9.59 Å². The number of nitrogens with zero attached hydrogens (tertiary/aromatic N) is 4. The number of hydrogen-bond acceptors (Lipinski definition) is 5. The summed E-state index contributed by atoms with van der Waals surface area (Å²) in [5.74, 6) is 1.52. The maximum Gasteiger partial charge on any atom is 0.246 e. The molecule has 0 bridgehead atoms. The molecule has 1 amide bonds. The molecule has 3 aromatic rings. The fourth-order valence-electron chi connectivity index (χ4n) is 3.05. The number of benzene rings is 1. The number of pyridine rings is 1. The van der Waals surface area contributed by atoms with Crippen molar-refractivity contribution in [3.63, 3.8) is 0 Å². The van der Waals surface area contributed by atoms with E-state index in [0.717, 1.165) is 29.9 Å². The van der Waals surface area contributed by atoms with Crippen LogP contribution in [0.25, 0.3) is 10.9 Å². The van der Waals surface area contributed by atoms with Crippen LogP contribution in [0.3, 0.4) is 0 Å². The second-order valence-corrected chi connectivity index (χ2v) is 6.82. The van der Waals surface area contributed by atoms with E-state index < -0.39 is 0 Å². The van der Waals surface area contributed by atoms with Crippen molar-refractivity contribution in [3.05, 3.63) is 58.0 Å². The molecule has 1 aromatic carbocycles. The molecular formula is C19H20N4O3. The summed E-state index contributed by atoms with van der Waals surface area (Å²) in [6.45, 7) is 2.25. The standard InChI is InChI=1S/C19H20N4O3/c1-12-9-16(24)14-5-3-4-6-15(14)23(12)11-18(25)22(2)10-17-20-19(21-26-17)13-7-8-13/h3-6,9,13H,7-8,10-11H2,1-2H3. The van der Waals surface area contributed by atoms with Gasteiger partial charge in [-0.15, -0.1) is 0 Å². The molecule has 1 aliphatic rings. The average molecular weight is 352 g/mol. The summed E-state index contributed by atoms with van der Waals surface area (Å²) in [6.07, 6.45) is 2.21. The molecule has 0 saturated heterocycles. The Morgan fingerprint density at radius 1 is 1.35 bits per heavy atom. The van der Waals surface area contributed by atoms with E-state index in [0.29, 0.717) is 17.2 Å². The largest absolute Gasteiger partial charge is 0.337 e. The zero-order valence-electron chi connectivity index (χ0n) is 14.8. The number of carbonyl (C=O) groups is 1. The third-order valence-corrected chi connectivity index (χ3v) is 4.74. The number of carbonyl (C=O) groups excluding carboxylic acids is 1. The lowest BCUT2D eigenvalue weighted by Gasteiger charge is -2.19. The Morgan fingerprint density at radius 2 is 2.12 bits per heavy atom. The first-order valence-electron chi connectivity index (χ1n) is 8.68. The van der Waals surface area contributed by atoms with Crippen LogP contribution in [-0.2, 0) is 17.9 Å². The zero-order valence-corrected chi connectivity index (χ0v) is 14.8. The minimum atomic E-state index is -0.0897. The highest BCUT2D eigenvalue weighted by Crippen LogP contribution is 2.38. The maximum absolute atomic E-state index is 12.7. The summed E-state index contributed by atoms with van der Waals surface area (Å²) in [5.41, 5.74) is 1.48. The first kappa shape index (κ1) is 16.5. The van der Waals surface area contributed by atoms with Crippen LogP contribution in [0.2, 0.25) is 0 Å². The van der Waals surface area contributed by atoms with Crippen LogP contribution in [0, 0.1) is 6.92 Å². The molecule has 7 nitrogen and oxygen atoms in total. The zero-order chi connectivity index (χ0) is 18.3. The predicted octanol–water partition coefficient (Wildman–Crippen LogP) is 2.23. The molecule has 0 radical (unpaired) electrons. The SMILES string of the molecule is Cc1cc(=O)c2ccccc2n1CC(=O)N(C)Cc1nc(C2CC2)no1. The van der Waals surface area contributed by atoms with Crippen LogP contribution in [0.5, 0.6) is 0 Å². The van der Waals surface area contributed by atoms with Gasteiger partial charge in [0, 0.05) is 30.1 Å². The number of aromatic nitrogens is 3. The van der Waals surface area contributed by atoms with E-state index in [1.165, 1.54) is 0 Å². The molecular weight excluding hydrogens is 332 g/mol. The highest BCUT2D eigenvalue weighted by molar-refractivity contribution is 5.82.